The monoisotopic (exact) mass is 462 g/mol. The Labute approximate surface area is 203 Å². The summed E-state index contributed by atoms with van der Waals surface area (Å²) in [6, 6.07) is 10.6. The largest absolute Gasteiger partial charge is 0.339 e. The maximum atomic E-state index is 13.0. The number of hydrogen-bond acceptors (Lipinski definition) is 5. The summed E-state index contributed by atoms with van der Waals surface area (Å²) in [7, 11) is 0. The molecule has 2 aromatic heterocycles. The van der Waals surface area contributed by atoms with Crippen molar-refractivity contribution in [1.29, 1.82) is 0 Å². The first kappa shape index (κ1) is 24.2. The van der Waals surface area contributed by atoms with Gasteiger partial charge in [-0.25, -0.2) is 4.98 Å². The molecule has 7 heteroatoms. The minimum absolute atomic E-state index is 0.114. The van der Waals surface area contributed by atoms with Crippen LogP contribution in [0.25, 0.3) is 17.0 Å². The van der Waals surface area contributed by atoms with Gasteiger partial charge in [0.1, 0.15) is 0 Å². The highest BCUT2D eigenvalue weighted by Crippen LogP contribution is 2.27. The standard InChI is InChI=1S/C27H38N6O/c1-6-8-9-20(7-2)24(34)31-16-18-32(19-17-31)26-29-25-28-15-14-23(33(25)30-26)21-10-12-22(13-11-21)27(3,4)5/h10-15,20H,6-9,16-19H2,1-5H3/t20-/m0/s1. The first-order chi connectivity index (χ1) is 16.3. The normalized spacial score (nSPS) is 15.7. The summed E-state index contributed by atoms with van der Waals surface area (Å²) in [6.45, 7) is 13.9. The third-order valence-corrected chi connectivity index (χ3v) is 6.90. The maximum absolute atomic E-state index is 13.0. The summed E-state index contributed by atoms with van der Waals surface area (Å²) in [5.74, 6) is 1.73. The number of fused-ring (bicyclic) bond motifs is 1. The zero-order chi connectivity index (χ0) is 24.3. The van der Waals surface area contributed by atoms with E-state index in [1.165, 1.54) is 5.56 Å². The molecular formula is C27H38N6O. The number of anilines is 1. The number of benzene rings is 1. The molecule has 3 aromatic rings. The highest BCUT2D eigenvalue weighted by Gasteiger charge is 2.27. The van der Waals surface area contributed by atoms with Crippen LogP contribution >= 0.6 is 0 Å². The van der Waals surface area contributed by atoms with Crippen molar-refractivity contribution >= 4 is 17.6 Å². The van der Waals surface area contributed by atoms with Gasteiger partial charge in [0, 0.05) is 43.9 Å². The lowest BCUT2D eigenvalue weighted by Gasteiger charge is -2.35. The quantitative estimate of drug-likeness (QED) is 0.497. The van der Waals surface area contributed by atoms with E-state index in [4.69, 9.17) is 10.1 Å². The summed E-state index contributed by atoms with van der Waals surface area (Å²) in [4.78, 5) is 26.3. The fourth-order valence-corrected chi connectivity index (χ4v) is 4.61. The Morgan fingerprint density at radius 2 is 1.74 bits per heavy atom. The second-order valence-corrected chi connectivity index (χ2v) is 10.3. The van der Waals surface area contributed by atoms with Crippen LogP contribution in [-0.2, 0) is 10.2 Å². The van der Waals surface area contributed by atoms with E-state index in [2.05, 4.69) is 68.8 Å². The molecule has 1 aromatic carbocycles. The van der Waals surface area contributed by atoms with E-state index in [0.717, 1.165) is 50.0 Å². The Hall–Kier alpha value is -2.96. The fourth-order valence-electron chi connectivity index (χ4n) is 4.61. The molecule has 1 aliphatic rings. The molecule has 0 aliphatic carbocycles. The third-order valence-electron chi connectivity index (χ3n) is 6.90. The molecule has 1 saturated heterocycles. The van der Waals surface area contributed by atoms with Gasteiger partial charge in [-0.2, -0.15) is 9.50 Å². The molecule has 0 radical (unpaired) electrons. The lowest BCUT2D eigenvalue weighted by atomic mass is 9.86. The van der Waals surface area contributed by atoms with Crippen LogP contribution < -0.4 is 4.90 Å². The van der Waals surface area contributed by atoms with Crippen molar-refractivity contribution in [3.63, 3.8) is 0 Å². The topological polar surface area (TPSA) is 66.6 Å². The van der Waals surface area contributed by atoms with E-state index in [1.807, 2.05) is 15.5 Å². The van der Waals surface area contributed by atoms with Gasteiger partial charge in [0.2, 0.25) is 11.9 Å². The maximum Gasteiger partial charge on any atom is 0.254 e. The third kappa shape index (κ3) is 5.08. The van der Waals surface area contributed by atoms with Crippen LogP contribution in [0.2, 0.25) is 0 Å². The second kappa shape index (κ2) is 10.1. The molecule has 1 fully saturated rings. The van der Waals surface area contributed by atoms with Gasteiger partial charge in [0.25, 0.3) is 5.78 Å². The van der Waals surface area contributed by atoms with E-state index < -0.39 is 0 Å². The van der Waals surface area contributed by atoms with Crippen molar-refractivity contribution in [2.45, 2.75) is 65.7 Å². The first-order valence-corrected chi connectivity index (χ1v) is 12.7. The smallest absolute Gasteiger partial charge is 0.254 e. The van der Waals surface area contributed by atoms with Crippen molar-refractivity contribution in [2.24, 2.45) is 5.92 Å². The van der Waals surface area contributed by atoms with Crippen molar-refractivity contribution in [3.05, 3.63) is 42.1 Å². The van der Waals surface area contributed by atoms with Gasteiger partial charge in [-0.1, -0.05) is 71.7 Å². The molecule has 4 rings (SSSR count). The average molecular weight is 463 g/mol. The van der Waals surface area contributed by atoms with Gasteiger partial charge in [-0.15, -0.1) is 5.10 Å². The number of amides is 1. The number of rotatable bonds is 7. The molecule has 182 valence electrons. The number of carbonyl (C=O) groups excluding carboxylic acids is 1. The van der Waals surface area contributed by atoms with Crippen LogP contribution in [0.15, 0.2) is 36.5 Å². The Kier molecular flexibility index (Phi) is 7.19. The minimum atomic E-state index is 0.114. The van der Waals surface area contributed by atoms with Crippen molar-refractivity contribution in [1.82, 2.24) is 24.5 Å². The van der Waals surface area contributed by atoms with Gasteiger partial charge in [0.05, 0.1) is 5.69 Å². The minimum Gasteiger partial charge on any atom is -0.339 e. The predicted octanol–water partition coefficient (Wildman–Crippen LogP) is 4.95. The molecule has 0 N–H and O–H groups in total. The number of hydrogen-bond donors (Lipinski definition) is 0. The molecule has 3 heterocycles. The van der Waals surface area contributed by atoms with E-state index in [-0.39, 0.29) is 11.3 Å². The molecule has 0 spiro atoms. The molecule has 0 unspecified atom stereocenters. The molecule has 34 heavy (non-hydrogen) atoms. The van der Waals surface area contributed by atoms with Crippen LogP contribution in [0.4, 0.5) is 5.95 Å². The van der Waals surface area contributed by atoms with Crippen LogP contribution in [0.3, 0.4) is 0 Å². The number of piperazine rings is 1. The number of unbranched alkanes of at least 4 members (excludes halogenated alkanes) is 1. The van der Waals surface area contributed by atoms with E-state index in [9.17, 15) is 4.79 Å². The lowest BCUT2D eigenvalue weighted by Crippen LogP contribution is -2.50. The van der Waals surface area contributed by atoms with Gasteiger partial charge in [0.15, 0.2) is 0 Å². The van der Waals surface area contributed by atoms with Crippen LogP contribution in [0.1, 0.15) is 65.9 Å². The zero-order valence-corrected chi connectivity index (χ0v) is 21.3. The predicted molar refractivity (Wildman–Crippen MR) is 137 cm³/mol. The summed E-state index contributed by atoms with van der Waals surface area (Å²) < 4.78 is 1.83. The average Bonchev–Trinajstić information content (AvgIpc) is 3.28. The van der Waals surface area contributed by atoms with Crippen LogP contribution in [0, 0.1) is 5.92 Å². The molecule has 1 amide bonds. The number of nitrogens with zero attached hydrogens (tertiary/aromatic N) is 6. The molecule has 1 aliphatic heterocycles. The van der Waals surface area contributed by atoms with E-state index in [0.29, 0.717) is 30.7 Å². The highest BCUT2D eigenvalue weighted by molar-refractivity contribution is 5.79. The van der Waals surface area contributed by atoms with E-state index in [1.54, 1.807) is 6.20 Å². The number of aromatic nitrogens is 4. The Morgan fingerprint density at radius 3 is 2.35 bits per heavy atom. The summed E-state index contributed by atoms with van der Waals surface area (Å²) in [5, 5.41) is 4.81. The second-order valence-electron chi connectivity index (χ2n) is 10.3. The van der Waals surface area contributed by atoms with Crippen molar-refractivity contribution in [2.75, 3.05) is 31.1 Å². The van der Waals surface area contributed by atoms with Crippen LogP contribution in [-0.4, -0.2) is 56.6 Å². The van der Waals surface area contributed by atoms with Crippen molar-refractivity contribution in [3.8, 4) is 11.3 Å². The molecule has 0 saturated carbocycles. The Balaban J connectivity index is 1.49. The molecule has 7 nitrogen and oxygen atoms in total. The molecule has 0 bridgehead atoms. The summed E-state index contributed by atoms with van der Waals surface area (Å²) >= 11 is 0. The molecular weight excluding hydrogens is 424 g/mol. The fraction of sp³-hybridized carbons (Fsp3) is 0.556. The molecule has 1 atom stereocenters. The Bertz CT molecular complexity index is 1110. The van der Waals surface area contributed by atoms with E-state index >= 15 is 0 Å². The SMILES string of the molecule is CCCC[C@H](CC)C(=O)N1CCN(c2nc3nccc(-c4ccc(C(C)(C)C)cc4)n3n2)CC1. The van der Waals surface area contributed by atoms with Gasteiger partial charge >= 0.3 is 0 Å². The van der Waals surface area contributed by atoms with Gasteiger partial charge in [-0.3, -0.25) is 4.79 Å². The summed E-state index contributed by atoms with van der Waals surface area (Å²) in [6.07, 6.45) is 5.94. The lowest BCUT2D eigenvalue weighted by molar-refractivity contribution is -0.136. The van der Waals surface area contributed by atoms with Gasteiger partial charge in [-0.05, 0) is 29.9 Å². The van der Waals surface area contributed by atoms with Gasteiger partial charge < -0.3 is 9.80 Å². The summed E-state index contributed by atoms with van der Waals surface area (Å²) in [5.41, 5.74) is 3.47. The Morgan fingerprint density at radius 1 is 1.03 bits per heavy atom. The number of carbonyl (C=O) groups is 1. The van der Waals surface area contributed by atoms with Crippen molar-refractivity contribution < 1.29 is 4.79 Å². The highest BCUT2D eigenvalue weighted by atomic mass is 16.2. The van der Waals surface area contributed by atoms with Crippen LogP contribution in [0.5, 0.6) is 0 Å². The zero-order valence-electron chi connectivity index (χ0n) is 21.3. The first-order valence-electron chi connectivity index (χ1n) is 12.7.